The Balaban J connectivity index is 3.78. The third-order valence-electron chi connectivity index (χ3n) is 1.64. The van der Waals surface area contributed by atoms with Crippen molar-refractivity contribution in [1.29, 1.82) is 0 Å². The van der Waals surface area contributed by atoms with Gasteiger partial charge in [0.25, 0.3) is 0 Å². The van der Waals surface area contributed by atoms with Crippen LogP contribution in [-0.4, -0.2) is 36.7 Å². The summed E-state index contributed by atoms with van der Waals surface area (Å²) in [6.07, 6.45) is 0.878. The molecule has 0 aromatic rings. The molecule has 84 valence electrons. The molecule has 0 aliphatic rings. The summed E-state index contributed by atoms with van der Waals surface area (Å²) in [6.45, 7) is 2.31. The van der Waals surface area contributed by atoms with Crippen molar-refractivity contribution in [1.82, 2.24) is 5.43 Å². The molecule has 2 atom stereocenters. The van der Waals surface area contributed by atoms with Crippen molar-refractivity contribution in [3.8, 4) is 0 Å². The second-order valence-electron chi connectivity index (χ2n) is 3.09. The van der Waals surface area contributed by atoms with Gasteiger partial charge in [-0.1, -0.05) is 0 Å². The first-order chi connectivity index (χ1) is 6.61. The predicted octanol–water partition coefficient (Wildman–Crippen LogP) is -0.538. The summed E-state index contributed by atoms with van der Waals surface area (Å²) < 4.78 is 4.92. The lowest BCUT2D eigenvalue weighted by molar-refractivity contribution is -0.121. The summed E-state index contributed by atoms with van der Waals surface area (Å²) in [6, 6.07) is 0.159. The average molecular weight is 221 g/mol. The Morgan fingerprint density at radius 2 is 2.29 bits per heavy atom. The van der Waals surface area contributed by atoms with Gasteiger partial charge < -0.3 is 10.5 Å². The van der Waals surface area contributed by atoms with Crippen molar-refractivity contribution >= 4 is 17.7 Å². The van der Waals surface area contributed by atoms with E-state index in [1.165, 1.54) is 11.8 Å². The van der Waals surface area contributed by atoms with Gasteiger partial charge in [0.2, 0.25) is 5.91 Å². The van der Waals surface area contributed by atoms with Crippen LogP contribution in [0.2, 0.25) is 0 Å². The summed E-state index contributed by atoms with van der Waals surface area (Å²) in [5.41, 5.74) is 7.71. The quantitative estimate of drug-likeness (QED) is 0.305. The molecule has 5 nitrogen and oxygen atoms in total. The Kier molecular flexibility index (Phi) is 7.87. The molecule has 14 heavy (non-hydrogen) atoms. The highest BCUT2D eigenvalue weighted by molar-refractivity contribution is 8.00. The van der Waals surface area contributed by atoms with E-state index in [1.54, 1.807) is 7.11 Å². The van der Waals surface area contributed by atoms with Crippen LogP contribution >= 0.6 is 11.8 Å². The van der Waals surface area contributed by atoms with Crippen molar-refractivity contribution in [3.63, 3.8) is 0 Å². The van der Waals surface area contributed by atoms with Crippen LogP contribution in [0, 0.1) is 0 Å². The highest BCUT2D eigenvalue weighted by Gasteiger charge is 2.17. The number of carbonyl (C=O) groups is 1. The smallest absolute Gasteiger partial charge is 0.249 e. The van der Waals surface area contributed by atoms with Crippen LogP contribution in [0.1, 0.15) is 13.3 Å². The molecule has 0 saturated carbocycles. The molecular formula is C8H19N3O2S. The first-order valence-electron chi connectivity index (χ1n) is 4.48. The Bertz CT molecular complexity index is 167. The predicted molar refractivity (Wildman–Crippen MR) is 58.7 cm³/mol. The third-order valence-corrected chi connectivity index (χ3v) is 2.87. The SMILES string of the molecule is COCC(SCCC(C)N)C(=O)NN. The van der Waals surface area contributed by atoms with Crippen molar-refractivity contribution in [3.05, 3.63) is 0 Å². The van der Waals surface area contributed by atoms with Gasteiger partial charge in [-0.05, 0) is 19.1 Å². The van der Waals surface area contributed by atoms with Gasteiger partial charge >= 0.3 is 0 Å². The number of hydrogen-bond acceptors (Lipinski definition) is 5. The molecule has 0 radical (unpaired) electrons. The van der Waals surface area contributed by atoms with E-state index >= 15 is 0 Å². The molecular weight excluding hydrogens is 202 g/mol. The standard InChI is InChI=1S/C8H19N3O2S/c1-6(9)3-4-14-7(5-13-2)8(12)11-10/h6-7H,3-5,9-10H2,1-2H3,(H,11,12). The first-order valence-corrected chi connectivity index (χ1v) is 5.53. The van der Waals surface area contributed by atoms with Crippen molar-refractivity contribution < 1.29 is 9.53 Å². The van der Waals surface area contributed by atoms with Gasteiger partial charge in [-0.3, -0.25) is 10.2 Å². The lowest BCUT2D eigenvalue weighted by Gasteiger charge is -2.14. The fourth-order valence-electron chi connectivity index (χ4n) is 0.840. The summed E-state index contributed by atoms with van der Waals surface area (Å²) in [4.78, 5) is 11.2. The number of amides is 1. The number of ether oxygens (including phenoxy) is 1. The molecule has 0 bridgehead atoms. The minimum atomic E-state index is -0.247. The fraction of sp³-hybridized carbons (Fsp3) is 0.875. The second-order valence-corrected chi connectivity index (χ2v) is 4.40. The highest BCUT2D eigenvalue weighted by Crippen LogP contribution is 2.13. The lowest BCUT2D eigenvalue weighted by atomic mass is 10.3. The molecule has 0 rings (SSSR count). The van der Waals surface area contributed by atoms with Crippen LogP contribution in [0.4, 0.5) is 0 Å². The largest absolute Gasteiger partial charge is 0.383 e. The van der Waals surface area contributed by atoms with E-state index in [0.29, 0.717) is 6.61 Å². The summed E-state index contributed by atoms with van der Waals surface area (Å²) in [5.74, 6) is 5.67. The topological polar surface area (TPSA) is 90.4 Å². The van der Waals surface area contributed by atoms with E-state index in [9.17, 15) is 4.79 Å². The molecule has 0 aromatic heterocycles. The minimum Gasteiger partial charge on any atom is -0.383 e. The zero-order chi connectivity index (χ0) is 11.0. The van der Waals surface area contributed by atoms with E-state index in [-0.39, 0.29) is 17.2 Å². The van der Waals surface area contributed by atoms with Gasteiger partial charge in [0.1, 0.15) is 5.25 Å². The number of methoxy groups -OCH3 is 1. The van der Waals surface area contributed by atoms with Crippen LogP contribution in [0.5, 0.6) is 0 Å². The number of carbonyl (C=O) groups excluding carboxylic acids is 1. The molecule has 0 aliphatic heterocycles. The van der Waals surface area contributed by atoms with E-state index < -0.39 is 0 Å². The Labute approximate surface area is 88.9 Å². The Morgan fingerprint density at radius 3 is 2.71 bits per heavy atom. The van der Waals surface area contributed by atoms with Crippen LogP contribution in [0.15, 0.2) is 0 Å². The Morgan fingerprint density at radius 1 is 1.64 bits per heavy atom. The molecule has 0 aliphatic carbocycles. The summed E-state index contributed by atoms with van der Waals surface area (Å²) in [5, 5.41) is -0.247. The number of hydrogen-bond donors (Lipinski definition) is 3. The molecule has 0 aromatic carbocycles. The Hall–Kier alpha value is -0.300. The van der Waals surface area contributed by atoms with Gasteiger partial charge in [0.05, 0.1) is 6.61 Å². The maximum atomic E-state index is 11.2. The van der Waals surface area contributed by atoms with Gasteiger partial charge in [-0.25, -0.2) is 5.84 Å². The van der Waals surface area contributed by atoms with Crippen LogP contribution < -0.4 is 17.0 Å². The molecule has 0 spiro atoms. The van der Waals surface area contributed by atoms with Crippen LogP contribution in [0.25, 0.3) is 0 Å². The molecule has 0 saturated heterocycles. The summed E-state index contributed by atoms with van der Waals surface area (Å²) in [7, 11) is 1.56. The van der Waals surface area contributed by atoms with Crippen molar-refractivity contribution in [2.75, 3.05) is 19.5 Å². The summed E-state index contributed by atoms with van der Waals surface area (Å²) >= 11 is 1.51. The molecule has 0 heterocycles. The zero-order valence-electron chi connectivity index (χ0n) is 8.66. The lowest BCUT2D eigenvalue weighted by Crippen LogP contribution is -2.39. The normalized spacial score (nSPS) is 14.9. The van der Waals surface area contributed by atoms with Crippen molar-refractivity contribution in [2.45, 2.75) is 24.6 Å². The second kappa shape index (κ2) is 8.05. The van der Waals surface area contributed by atoms with Crippen LogP contribution in [-0.2, 0) is 9.53 Å². The number of nitrogens with one attached hydrogen (secondary N) is 1. The van der Waals surface area contributed by atoms with E-state index in [2.05, 4.69) is 5.43 Å². The molecule has 5 N–H and O–H groups in total. The molecule has 1 amide bonds. The van der Waals surface area contributed by atoms with Gasteiger partial charge in [0.15, 0.2) is 0 Å². The van der Waals surface area contributed by atoms with Crippen LogP contribution in [0.3, 0.4) is 0 Å². The molecule has 6 heteroatoms. The van der Waals surface area contributed by atoms with Gasteiger partial charge in [0, 0.05) is 13.2 Å². The monoisotopic (exact) mass is 221 g/mol. The first kappa shape index (κ1) is 13.7. The fourth-order valence-corrected chi connectivity index (χ4v) is 2.08. The van der Waals surface area contributed by atoms with Gasteiger partial charge in [-0.15, -0.1) is 11.8 Å². The maximum Gasteiger partial charge on any atom is 0.249 e. The molecule has 0 fully saturated rings. The maximum absolute atomic E-state index is 11.2. The van der Waals surface area contributed by atoms with Gasteiger partial charge in [-0.2, -0.15) is 0 Å². The number of thioether (sulfide) groups is 1. The van der Waals surface area contributed by atoms with E-state index in [1.807, 2.05) is 6.92 Å². The zero-order valence-corrected chi connectivity index (χ0v) is 9.47. The van der Waals surface area contributed by atoms with E-state index in [0.717, 1.165) is 12.2 Å². The highest BCUT2D eigenvalue weighted by atomic mass is 32.2. The number of rotatable bonds is 7. The van der Waals surface area contributed by atoms with Crippen molar-refractivity contribution in [2.24, 2.45) is 11.6 Å². The number of nitrogens with two attached hydrogens (primary N) is 2. The van der Waals surface area contributed by atoms with E-state index in [4.69, 9.17) is 16.3 Å². The average Bonchev–Trinajstić information content (AvgIpc) is 2.15. The molecule has 2 unspecified atom stereocenters. The third kappa shape index (κ3) is 6.20. The minimum absolute atomic E-state index is 0.159. The number of hydrazine groups is 1.